The quantitative estimate of drug-likeness (QED) is 0.756. The van der Waals surface area contributed by atoms with Crippen LogP contribution in [0.25, 0.3) is 0 Å². The number of methoxy groups -OCH3 is 1. The molecule has 4 rings (SSSR count). The van der Waals surface area contributed by atoms with E-state index in [2.05, 4.69) is 10.1 Å². The van der Waals surface area contributed by atoms with E-state index in [1.54, 1.807) is 7.11 Å². The molecule has 1 aromatic carbocycles. The number of amides is 1. The molecule has 138 valence electrons. The van der Waals surface area contributed by atoms with Crippen LogP contribution in [0.5, 0.6) is 5.75 Å². The van der Waals surface area contributed by atoms with Gasteiger partial charge in [-0.15, -0.1) is 0 Å². The Bertz CT molecular complexity index is 785. The summed E-state index contributed by atoms with van der Waals surface area (Å²) < 4.78 is 16.3. The zero-order chi connectivity index (χ0) is 18.1. The Morgan fingerprint density at radius 2 is 2.15 bits per heavy atom. The highest BCUT2D eigenvalue weighted by Crippen LogP contribution is 2.51. The van der Waals surface area contributed by atoms with Crippen LogP contribution in [0.3, 0.4) is 0 Å². The van der Waals surface area contributed by atoms with Crippen molar-refractivity contribution in [2.45, 2.75) is 38.4 Å². The van der Waals surface area contributed by atoms with Gasteiger partial charge in [-0.25, -0.2) is 0 Å². The Labute approximate surface area is 152 Å². The van der Waals surface area contributed by atoms with E-state index < -0.39 is 0 Å². The molecule has 0 N–H and O–H groups in total. The van der Waals surface area contributed by atoms with Crippen molar-refractivity contribution in [3.63, 3.8) is 0 Å². The molecule has 1 amide bonds. The number of aromatic nitrogens is 2. The van der Waals surface area contributed by atoms with Gasteiger partial charge in [0.1, 0.15) is 12.4 Å². The summed E-state index contributed by atoms with van der Waals surface area (Å²) in [4.78, 5) is 18.7. The molecule has 1 aliphatic heterocycles. The average molecular weight is 357 g/mol. The summed E-state index contributed by atoms with van der Waals surface area (Å²) >= 11 is 0. The molecule has 2 heterocycles. The number of carbonyl (C=O) groups is 1. The van der Waals surface area contributed by atoms with Crippen LogP contribution in [0, 0.1) is 5.92 Å². The molecule has 2 aliphatic rings. The van der Waals surface area contributed by atoms with E-state index in [4.69, 9.17) is 14.0 Å². The van der Waals surface area contributed by atoms with Crippen LogP contribution >= 0.6 is 0 Å². The lowest BCUT2D eigenvalue weighted by molar-refractivity contribution is -0.148. The maximum absolute atomic E-state index is 12.6. The molecule has 2 aromatic rings. The van der Waals surface area contributed by atoms with E-state index in [0.717, 1.165) is 24.2 Å². The first kappa shape index (κ1) is 17.0. The van der Waals surface area contributed by atoms with Crippen LogP contribution in [0.15, 0.2) is 28.8 Å². The van der Waals surface area contributed by atoms with E-state index in [-0.39, 0.29) is 23.8 Å². The van der Waals surface area contributed by atoms with E-state index in [1.807, 2.05) is 36.1 Å². The standard InChI is InChI=1S/C19H23N3O4/c1-3-17-20-18(26-21-17)11-25-12-9-22(10-12)19(23)15-8-14(15)13-6-4-5-7-16(13)24-2/h4-7,12,14-15H,3,8-11H2,1-2H3/t14-,15+/m0/s1. The van der Waals surface area contributed by atoms with Gasteiger partial charge in [0.2, 0.25) is 5.91 Å². The fourth-order valence-electron chi connectivity index (χ4n) is 3.42. The third-order valence-electron chi connectivity index (χ3n) is 5.07. The molecule has 1 aromatic heterocycles. The molecule has 0 unspecified atom stereocenters. The first-order chi connectivity index (χ1) is 12.7. The van der Waals surface area contributed by atoms with Crippen molar-refractivity contribution >= 4 is 5.91 Å². The largest absolute Gasteiger partial charge is 0.496 e. The molecular formula is C19H23N3O4. The maximum Gasteiger partial charge on any atom is 0.252 e. The van der Waals surface area contributed by atoms with Crippen molar-refractivity contribution < 1.29 is 18.8 Å². The van der Waals surface area contributed by atoms with E-state index in [9.17, 15) is 4.79 Å². The van der Waals surface area contributed by atoms with Crippen LogP contribution in [-0.2, 0) is 22.6 Å². The third-order valence-corrected chi connectivity index (χ3v) is 5.07. The first-order valence-electron chi connectivity index (χ1n) is 9.04. The second-order valence-corrected chi connectivity index (χ2v) is 6.82. The van der Waals surface area contributed by atoms with Crippen LogP contribution in [0.2, 0.25) is 0 Å². The zero-order valence-electron chi connectivity index (χ0n) is 15.1. The molecule has 1 aliphatic carbocycles. The number of hydrogen-bond donors (Lipinski definition) is 0. The second kappa shape index (κ2) is 7.07. The van der Waals surface area contributed by atoms with Crippen molar-refractivity contribution in [3.05, 3.63) is 41.5 Å². The molecule has 26 heavy (non-hydrogen) atoms. The first-order valence-corrected chi connectivity index (χ1v) is 9.04. The average Bonchev–Trinajstić information content (AvgIpc) is 3.30. The van der Waals surface area contributed by atoms with Gasteiger partial charge in [0.05, 0.1) is 13.2 Å². The number of likely N-dealkylation sites (tertiary alicyclic amines) is 1. The number of benzene rings is 1. The number of nitrogens with zero attached hydrogens (tertiary/aromatic N) is 3. The predicted molar refractivity (Wildman–Crippen MR) is 92.7 cm³/mol. The summed E-state index contributed by atoms with van der Waals surface area (Å²) in [5, 5.41) is 3.84. The van der Waals surface area contributed by atoms with Crippen molar-refractivity contribution in [2.75, 3.05) is 20.2 Å². The smallest absolute Gasteiger partial charge is 0.252 e. The summed E-state index contributed by atoms with van der Waals surface area (Å²) in [5.41, 5.74) is 1.13. The van der Waals surface area contributed by atoms with Crippen molar-refractivity contribution in [1.29, 1.82) is 0 Å². The van der Waals surface area contributed by atoms with Crippen LogP contribution < -0.4 is 4.74 Å². The molecule has 1 saturated heterocycles. The van der Waals surface area contributed by atoms with Gasteiger partial charge in [0.15, 0.2) is 5.82 Å². The van der Waals surface area contributed by atoms with Crippen LogP contribution in [-0.4, -0.2) is 47.3 Å². The van der Waals surface area contributed by atoms with Gasteiger partial charge in [0.25, 0.3) is 5.89 Å². The zero-order valence-corrected chi connectivity index (χ0v) is 15.1. The Hall–Kier alpha value is -2.41. The Balaban J connectivity index is 1.24. The Kier molecular flexibility index (Phi) is 4.63. The summed E-state index contributed by atoms with van der Waals surface area (Å²) in [6.07, 6.45) is 1.67. The van der Waals surface area contributed by atoms with E-state index in [1.165, 1.54) is 0 Å². The van der Waals surface area contributed by atoms with Gasteiger partial charge in [-0.05, 0) is 24.0 Å². The summed E-state index contributed by atoms with van der Waals surface area (Å²) in [6, 6.07) is 7.94. The van der Waals surface area contributed by atoms with Gasteiger partial charge < -0.3 is 18.9 Å². The summed E-state index contributed by atoms with van der Waals surface area (Å²) in [7, 11) is 1.67. The number of hydrogen-bond acceptors (Lipinski definition) is 6. The molecule has 2 fully saturated rings. The lowest BCUT2D eigenvalue weighted by atomic mass is 10.1. The molecule has 0 radical (unpaired) electrons. The highest BCUT2D eigenvalue weighted by atomic mass is 16.5. The normalized spacial score (nSPS) is 22.2. The van der Waals surface area contributed by atoms with E-state index in [0.29, 0.717) is 31.4 Å². The molecule has 0 bridgehead atoms. The van der Waals surface area contributed by atoms with Gasteiger partial charge >= 0.3 is 0 Å². The minimum absolute atomic E-state index is 0.0411. The molecular weight excluding hydrogens is 334 g/mol. The van der Waals surface area contributed by atoms with Gasteiger partial charge in [0, 0.05) is 25.4 Å². The Morgan fingerprint density at radius 1 is 1.35 bits per heavy atom. The van der Waals surface area contributed by atoms with Crippen LogP contribution in [0.4, 0.5) is 0 Å². The lowest BCUT2D eigenvalue weighted by Gasteiger charge is -2.38. The van der Waals surface area contributed by atoms with Crippen molar-refractivity contribution in [2.24, 2.45) is 5.92 Å². The lowest BCUT2D eigenvalue weighted by Crippen LogP contribution is -2.55. The SMILES string of the molecule is CCc1noc(COC2CN(C(=O)[C@@H]3C[C@H]3c3ccccc3OC)C2)n1. The number of ether oxygens (including phenoxy) is 2. The topological polar surface area (TPSA) is 77.7 Å². The minimum atomic E-state index is 0.0411. The minimum Gasteiger partial charge on any atom is -0.496 e. The molecule has 7 nitrogen and oxygen atoms in total. The monoisotopic (exact) mass is 357 g/mol. The summed E-state index contributed by atoms with van der Waals surface area (Å²) in [5.74, 6) is 2.59. The molecule has 0 spiro atoms. The van der Waals surface area contributed by atoms with Gasteiger partial charge in [-0.3, -0.25) is 4.79 Å². The fourth-order valence-corrected chi connectivity index (χ4v) is 3.42. The number of carbonyl (C=O) groups excluding carboxylic acids is 1. The highest BCUT2D eigenvalue weighted by molar-refractivity contribution is 5.84. The molecule has 2 atom stereocenters. The van der Waals surface area contributed by atoms with Crippen molar-refractivity contribution in [3.8, 4) is 5.75 Å². The van der Waals surface area contributed by atoms with Gasteiger partial charge in [-0.2, -0.15) is 4.98 Å². The third kappa shape index (κ3) is 3.31. The maximum atomic E-state index is 12.6. The second-order valence-electron chi connectivity index (χ2n) is 6.82. The number of para-hydroxylation sites is 1. The van der Waals surface area contributed by atoms with Gasteiger partial charge in [-0.1, -0.05) is 30.3 Å². The molecule has 7 heteroatoms. The number of aryl methyl sites for hydroxylation is 1. The Morgan fingerprint density at radius 3 is 2.88 bits per heavy atom. The fraction of sp³-hybridized carbons (Fsp3) is 0.526. The van der Waals surface area contributed by atoms with E-state index >= 15 is 0 Å². The van der Waals surface area contributed by atoms with Crippen molar-refractivity contribution in [1.82, 2.24) is 15.0 Å². The highest BCUT2D eigenvalue weighted by Gasteiger charge is 2.49. The predicted octanol–water partition coefficient (Wildman–Crippen LogP) is 2.17. The molecule has 1 saturated carbocycles. The number of rotatable bonds is 7. The van der Waals surface area contributed by atoms with Crippen LogP contribution in [0.1, 0.15) is 36.5 Å². The summed E-state index contributed by atoms with van der Waals surface area (Å²) in [6.45, 7) is 3.53.